The molecule has 1 fully saturated rings. The van der Waals surface area contributed by atoms with E-state index in [-0.39, 0.29) is 12.5 Å². The van der Waals surface area contributed by atoms with Gasteiger partial charge in [-0.15, -0.1) is 0 Å². The topological polar surface area (TPSA) is 65.5 Å². The highest BCUT2D eigenvalue weighted by molar-refractivity contribution is 5.91. The van der Waals surface area contributed by atoms with Crippen LogP contribution < -0.4 is 10.2 Å². The highest BCUT2D eigenvalue weighted by atomic mass is 16.3. The lowest BCUT2D eigenvalue weighted by Crippen LogP contribution is -2.51. The fourth-order valence-electron chi connectivity index (χ4n) is 3.12. The van der Waals surface area contributed by atoms with Crippen molar-refractivity contribution < 1.29 is 9.90 Å². The Kier molecular flexibility index (Phi) is 5.79. The molecule has 25 heavy (non-hydrogen) atoms. The van der Waals surface area contributed by atoms with Crippen LogP contribution in [0.4, 0.5) is 5.69 Å². The normalized spacial score (nSPS) is 16.3. The van der Waals surface area contributed by atoms with Gasteiger partial charge in [0.1, 0.15) is 0 Å². The number of rotatable bonds is 7. The fraction of sp³-hybridized carbons (Fsp3) is 0.400. The number of nitrogens with one attached hydrogen (secondary N) is 1. The van der Waals surface area contributed by atoms with Gasteiger partial charge in [0.05, 0.1) is 11.9 Å². The van der Waals surface area contributed by atoms with E-state index in [4.69, 9.17) is 5.11 Å². The van der Waals surface area contributed by atoms with Gasteiger partial charge in [-0.05, 0) is 48.6 Å². The Balaban J connectivity index is 1.75. The number of aliphatic hydroxyl groups is 1. The van der Waals surface area contributed by atoms with Crippen molar-refractivity contribution in [2.24, 2.45) is 0 Å². The molecule has 1 unspecified atom stereocenters. The van der Waals surface area contributed by atoms with Crippen molar-refractivity contribution in [3.05, 3.63) is 59.4 Å². The maximum absolute atomic E-state index is 12.1. The highest BCUT2D eigenvalue weighted by Crippen LogP contribution is 2.20. The van der Waals surface area contributed by atoms with E-state index in [0.29, 0.717) is 19.0 Å². The lowest BCUT2D eigenvalue weighted by molar-refractivity contribution is -0.116. The third kappa shape index (κ3) is 4.65. The smallest absolute Gasteiger partial charge is 0.223 e. The van der Waals surface area contributed by atoms with Crippen LogP contribution in [0.2, 0.25) is 0 Å². The molecule has 2 N–H and O–H groups in total. The molecular formula is C20H25N3O2. The number of aromatic nitrogens is 1. The first-order chi connectivity index (χ1) is 12.2. The number of amides is 1. The minimum absolute atomic E-state index is 0.0394. The maximum Gasteiger partial charge on any atom is 0.223 e. The van der Waals surface area contributed by atoms with E-state index >= 15 is 0 Å². The molecule has 0 aliphatic carbocycles. The Morgan fingerprint density at radius 1 is 1.28 bits per heavy atom. The van der Waals surface area contributed by atoms with Crippen LogP contribution in [0.1, 0.15) is 30.0 Å². The number of aliphatic hydroxyl groups excluding tert-OH is 1. The number of hydrogen-bond donors (Lipinski definition) is 2. The molecule has 2 heterocycles. The van der Waals surface area contributed by atoms with Gasteiger partial charge in [-0.25, -0.2) is 0 Å². The van der Waals surface area contributed by atoms with Crippen molar-refractivity contribution in [3.8, 4) is 0 Å². The lowest BCUT2D eigenvalue weighted by Gasteiger charge is -2.33. The van der Waals surface area contributed by atoms with Crippen molar-refractivity contribution in [2.45, 2.75) is 32.2 Å². The first kappa shape index (κ1) is 17.6. The van der Waals surface area contributed by atoms with Crippen LogP contribution in [-0.2, 0) is 17.6 Å². The summed E-state index contributed by atoms with van der Waals surface area (Å²) in [5.41, 5.74) is 4.24. The third-order valence-electron chi connectivity index (χ3n) is 4.60. The fourth-order valence-corrected chi connectivity index (χ4v) is 3.12. The van der Waals surface area contributed by atoms with Crippen LogP contribution in [0, 0.1) is 0 Å². The van der Waals surface area contributed by atoms with Gasteiger partial charge in [-0.2, -0.15) is 0 Å². The zero-order chi connectivity index (χ0) is 17.6. The number of carbonyl (C=O) groups is 1. The number of benzene rings is 1. The summed E-state index contributed by atoms with van der Waals surface area (Å²) in [6.07, 6.45) is 6.13. The Morgan fingerprint density at radius 3 is 2.76 bits per heavy atom. The molecule has 132 valence electrons. The highest BCUT2D eigenvalue weighted by Gasteiger charge is 2.22. The first-order valence-electron chi connectivity index (χ1n) is 8.80. The summed E-state index contributed by atoms with van der Waals surface area (Å²) in [5.74, 6) is 0.0394. The predicted octanol–water partition coefficient (Wildman–Crippen LogP) is 1.92. The molecule has 2 aromatic rings. The van der Waals surface area contributed by atoms with Gasteiger partial charge in [-0.1, -0.05) is 24.3 Å². The molecule has 1 amide bonds. The van der Waals surface area contributed by atoms with Gasteiger partial charge >= 0.3 is 0 Å². The molecule has 1 atom stereocenters. The van der Waals surface area contributed by atoms with E-state index < -0.39 is 0 Å². The van der Waals surface area contributed by atoms with Gasteiger partial charge in [0, 0.05) is 32.3 Å². The molecule has 0 saturated carbocycles. The standard InChI is InChI=1S/C20H25N3O2/c1-15(25)23(14-19-5-7-22-19)20-11-18(12-21-13-20)10-17-4-2-3-16(9-17)6-8-24/h2-4,9,11-13,19,22,24H,5-8,10,14H2,1H3. The third-order valence-corrected chi connectivity index (χ3v) is 4.60. The van der Waals surface area contributed by atoms with Gasteiger partial charge in [0.2, 0.25) is 5.91 Å². The van der Waals surface area contributed by atoms with E-state index in [1.807, 2.05) is 24.4 Å². The quantitative estimate of drug-likeness (QED) is 0.809. The van der Waals surface area contributed by atoms with E-state index in [0.717, 1.165) is 36.2 Å². The molecule has 0 radical (unpaired) electrons. The average molecular weight is 339 g/mol. The Morgan fingerprint density at radius 2 is 2.08 bits per heavy atom. The second kappa shape index (κ2) is 8.23. The minimum Gasteiger partial charge on any atom is -0.396 e. The molecule has 5 nitrogen and oxygen atoms in total. The van der Waals surface area contributed by atoms with Gasteiger partial charge < -0.3 is 15.3 Å². The number of pyridine rings is 1. The molecule has 1 aliphatic heterocycles. The molecule has 3 rings (SSSR count). The predicted molar refractivity (Wildman–Crippen MR) is 98.7 cm³/mol. The SMILES string of the molecule is CC(=O)N(CC1CCN1)c1cncc(Cc2cccc(CCO)c2)c1. The Labute approximate surface area is 148 Å². The van der Waals surface area contributed by atoms with Gasteiger partial charge in [0.15, 0.2) is 0 Å². The Bertz CT molecular complexity index is 728. The molecular weight excluding hydrogens is 314 g/mol. The zero-order valence-corrected chi connectivity index (χ0v) is 14.6. The van der Waals surface area contributed by atoms with Crippen molar-refractivity contribution in [1.29, 1.82) is 0 Å². The van der Waals surface area contributed by atoms with Crippen LogP contribution in [0.5, 0.6) is 0 Å². The van der Waals surface area contributed by atoms with Crippen LogP contribution >= 0.6 is 0 Å². The van der Waals surface area contributed by atoms with E-state index in [1.54, 1.807) is 18.0 Å². The number of hydrogen-bond acceptors (Lipinski definition) is 4. The lowest BCUT2D eigenvalue weighted by atomic mass is 10.0. The molecule has 5 heteroatoms. The summed E-state index contributed by atoms with van der Waals surface area (Å²) in [4.78, 5) is 18.2. The summed E-state index contributed by atoms with van der Waals surface area (Å²) in [7, 11) is 0. The van der Waals surface area contributed by atoms with Gasteiger partial charge in [-0.3, -0.25) is 9.78 Å². The second-order valence-electron chi connectivity index (χ2n) is 6.59. The summed E-state index contributed by atoms with van der Waals surface area (Å²) in [5, 5.41) is 12.4. The molecule has 0 spiro atoms. The van der Waals surface area contributed by atoms with Crippen LogP contribution in [0.15, 0.2) is 42.7 Å². The van der Waals surface area contributed by atoms with Crippen LogP contribution in [0.3, 0.4) is 0 Å². The van der Waals surface area contributed by atoms with Crippen molar-refractivity contribution >= 4 is 11.6 Å². The molecule has 1 aromatic carbocycles. The maximum atomic E-state index is 12.1. The summed E-state index contributed by atoms with van der Waals surface area (Å²) in [6.45, 7) is 3.47. The minimum atomic E-state index is 0.0394. The molecule has 1 aliphatic rings. The number of nitrogens with zero attached hydrogens (tertiary/aromatic N) is 2. The van der Waals surface area contributed by atoms with E-state index in [2.05, 4.69) is 22.4 Å². The summed E-state index contributed by atoms with van der Waals surface area (Å²) >= 11 is 0. The van der Waals surface area contributed by atoms with Gasteiger partial charge in [0.25, 0.3) is 0 Å². The van der Waals surface area contributed by atoms with Crippen molar-refractivity contribution in [3.63, 3.8) is 0 Å². The monoisotopic (exact) mass is 339 g/mol. The summed E-state index contributed by atoms with van der Waals surface area (Å²) in [6, 6.07) is 10.7. The average Bonchev–Trinajstić information content (AvgIpc) is 2.54. The largest absolute Gasteiger partial charge is 0.396 e. The summed E-state index contributed by atoms with van der Waals surface area (Å²) < 4.78 is 0. The second-order valence-corrected chi connectivity index (χ2v) is 6.59. The van der Waals surface area contributed by atoms with Crippen LogP contribution in [0.25, 0.3) is 0 Å². The van der Waals surface area contributed by atoms with E-state index in [1.165, 1.54) is 5.56 Å². The number of carbonyl (C=O) groups excluding carboxylic acids is 1. The van der Waals surface area contributed by atoms with Crippen molar-refractivity contribution in [1.82, 2.24) is 10.3 Å². The molecule has 0 bridgehead atoms. The van der Waals surface area contributed by atoms with Crippen LogP contribution in [-0.4, -0.2) is 41.7 Å². The number of anilines is 1. The van der Waals surface area contributed by atoms with Crippen molar-refractivity contribution in [2.75, 3.05) is 24.6 Å². The zero-order valence-electron chi connectivity index (χ0n) is 14.6. The first-order valence-corrected chi connectivity index (χ1v) is 8.80. The van der Waals surface area contributed by atoms with E-state index in [9.17, 15) is 4.79 Å². The molecule has 1 aromatic heterocycles. The Hall–Kier alpha value is -2.24. The molecule has 1 saturated heterocycles.